The largest absolute Gasteiger partial charge is 0.457 e. The molecule has 0 atom stereocenters. The summed E-state index contributed by atoms with van der Waals surface area (Å²) in [6, 6.07) is 25.0. The van der Waals surface area contributed by atoms with Crippen LogP contribution in [-0.2, 0) is 0 Å². The lowest BCUT2D eigenvalue weighted by Crippen LogP contribution is -2.04. The van der Waals surface area contributed by atoms with E-state index in [4.69, 9.17) is 14.7 Å². The van der Waals surface area contributed by atoms with Crippen molar-refractivity contribution in [2.75, 3.05) is 10.6 Å². The molecule has 0 saturated carbocycles. The number of fused-ring (bicyclic) bond motifs is 1. The maximum Gasteiger partial charge on any atom is 0.232 e. The first-order chi connectivity index (χ1) is 17.3. The molecule has 2 N–H and O–H groups in total. The fourth-order valence-electron chi connectivity index (χ4n) is 3.55. The Morgan fingerprint density at radius 3 is 2.37 bits per heavy atom. The third kappa shape index (κ3) is 4.53. The van der Waals surface area contributed by atoms with Gasteiger partial charge >= 0.3 is 0 Å². The molecule has 0 radical (unpaired) electrons. The van der Waals surface area contributed by atoms with Gasteiger partial charge in [-0.25, -0.2) is 9.97 Å². The van der Waals surface area contributed by atoms with Crippen molar-refractivity contribution >= 4 is 45.8 Å². The molecule has 0 unspecified atom stereocenters. The van der Waals surface area contributed by atoms with Crippen LogP contribution in [0, 0.1) is 0 Å². The van der Waals surface area contributed by atoms with Crippen molar-refractivity contribution in [1.82, 2.24) is 24.5 Å². The Hall–Kier alpha value is -4.76. The summed E-state index contributed by atoms with van der Waals surface area (Å²) in [6.45, 7) is 0. The van der Waals surface area contributed by atoms with Gasteiger partial charge < -0.3 is 15.4 Å². The first-order valence-electron chi connectivity index (χ1n) is 10.9. The highest BCUT2D eigenvalue weighted by Crippen LogP contribution is 2.29. The highest BCUT2D eigenvalue weighted by Gasteiger charge is 2.15. The standard InChI is InChI=1S/C26H19N7OS/c1-2-6-20(7-3-1)34-21-11-9-18(10-12-21)29-24-23-25(33(17-28-23)19-13-15-35-16-19)32-26(31-24)30-22-8-4-5-14-27-22/h1-17H,(H2,27,29,30,31,32). The summed E-state index contributed by atoms with van der Waals surface area (Å²) in [5, 5.41) is 10.6. The molecule has 8 nitrogen and oxygen atoms in total. The third-order valence-corrected chi connectivity index (χ3v) is 5.85. The minimum absolute atomic E-state index is 0.416. The zero-order chi connectivity index (χ0) is 23.5. The summed E-state index contributed by atoms with van der Waals surface area (Å²) in [7, 11) is 0. The summed E-state index contributed by atoms with van der Waals surface area (Å²) in [4.78, 5) is 18.4. The number of ether oxygens (including phenoxy) is 1. The Morgan fingerprint density at radius 2 is 1.60 bits per heavy atom. The fraction of sp³-hybridized carbons (Fsp3) is 0. The smallest absolute Gasteiger partial charge is 0.232 e. The summed E-state index contributed by atoms with van der Waals surface area (Å²) >= 11 is 1.62. The second-order valence-corrected chi connectivity index (χ2v) is 8.35. The fourth-order valence-corrected chi connectivity index (χ4v) is 4.17. The van der Waals surface area contributed by atoms with Crippen molar-refractivity contribution in [3.05, 3.63) is 102 Å². The van der Waals surface area contributed by atoms with Gasteiger partial charge in [-0.3, -0.25) is 4.57 Å². The van der Waals surface area contributed by atoms with E-state index in [-0.39, 0.29) is 0 Å². The van der Waals surface area contributed by atoms with Crippen molar-refractivity contribution < 1.29 is 4.74 Å². The van der Waals surface area contributed by atoms with Crippen LogP contribution in [0.3, 0.4) is 0 Å². The van der Waals surface area contributed by atoms with Gasteiger partial charge in [0.25, 0.3) is 0 Å². The van der Waals surface area contributed by atoms with Crippen molar-refractivity contribution in [1.29, 1.82) is 0 Å². The molecular weight excluding hydrogens is 458 g/mol. The number of thiophene rings is 1. The van der Waals surface area contributed by atoms with E-state index >= 15 is 0 Å². The van der Waals surface area contributed by atoms with Gasteiger partial charge in [-0.05, 0) is 60.0 Å². The minimum atomic E-state index is 0.416. The van der Waals surface area contributed by atoms with E-state index in [1.54, 1.807) is 23.9 Å². The highest BCUT2D eigenvalue weighted by atomic mass is 32.1. The molecule has 9 heteroatoms. The normalized spacial score (nSPS) is 10.9. The Kier molecular flexibility index (Phi) is 5.50. The minimum Gasteiger partial charge on any atom is -0.457 e. The molecule has 0 aliphatic heterocycles. The van der Waals surface area contributed by atoms with Gasteiger partial charge in [0.2, 0.25) is 5.95 Å². The second kappa shape index (κ2) is 9.24. The summed E-state index contributed by atoms with van der Waals surface area (Å²) < 4.78 is 7.84. The number of hydrogen-bond acceptors (Lipinski definition) is 8. The van der Waals surface area contributed by atoms with Crippen LogP contribution in [0.25, 0.3) is 16.9 Å². The number of imidazole rings is 1. The van der Waals surface area contributed by atoms with Gasteiger partial charge in [0.15, 0.2) is 17.0 Å². The SMILES string of the molecule is c1ccc(Oc2ccc(Nc3nc(Nc4ccccn4)nc4c3ncn4-c3ccsc3)cc2)cc1. The molecule has 0 aliphatic carbocycles. The lowest BCUT2D eigenvalue weighted by molar-refractivity contribution is 0.483. The number of aromatic nitrogens is 5. The van der Waals surface area contributed by atoms with Crippen LogP contribution in [0.4, 0.5) is 23.3 Å². The molecule has 6 rings (SSSR count). The quantitative estimate of drug-likeness (QED) is 0.269. The first-order valence-corrected chi connectivity index (χ1v) is 11.8. The lowest BCUT2D eigenvalue weighted by atomic mass is 10.3. The number of nitrogens with zero attached hydrogens (tertiary/aromatic N) is 5. The molecule has 0 amide bonds. The van der Waals surface area contributed by atoms with E-state index in [1.807, 2.05) is 94.2 Å². The number of rotatable bonds is 7. The van der Waals surface area contributed by atoms with Crippen molar-refractivity contribution in [3.63, 3.8) is 0 Å². The summed E-state index contributed by atoms with van der Waals surface area (Å²) in [6.07, 6.45) is 3.47. The molecule has 0 aliphatic rings. The number of benzene rings is 2. The van der Waals surface area contributed by atoms with Crippen LogP contribution in [0.5, 0.6) is 11.5 Å². The molecule has 35 heavy (non-hydrogen) atoms. The average molecular weight is 478 g/mol. The van der Waals surface area contributed by atoms with Crippen LogP contribution >= 0.6 is 11.3 Å². The van der Waals surface area contributed by atoms with E-state index in [1.165, 1.54) is 0 Å². The highest BCUT2D eigenvalue weighted by molar-refractivity contribution is 7.08. The lowest BCUT2D eigenvalue weighted by Gasteiger charge is -2.11. The molecule has 0 spiro atoms. The van der Waals surface area contributed by atoms with E-state index in [0.717, 1.165) is 22.9 Å². The monoisotopic (exact) mass is 477 g/mol. The molecule has 0 bridgehead atoms. The Balaban J connectivity index is 1.34. The molecular formula is C26H19N7OS. The van der Waals surface area contributed by atoms with Crippen molar-refractivity contribution in [2.24, 2.45) is 0 Å². The Labute approximate surface area is 204 Å². The number of pyridine rings is 1. The zero-order valence-electron chi connectivity index (χ0n) is 18.4. The van der Waals surface area contributed by atoms with Gasteiger partial charge in [-0.2, -0.15) is 21.3 Å². The molecule has 0 saturated heterocycles. The Morgan fingerprint density at radius 1 is 0.771 bits per heavy atom. The first kappa shape index (κ1) is 20.8. The predicted octanol–water partition coefficient (Wildman–Crippen LogP) is 6.55. The van der Waals surface area contributed by atoms with Crippen LogP contribution in [0.1, 0.15) is 0 Å². The Bertz CT molecular complexity index is 1550. The van der Waals surface area contributed by atoms with E-state index in [2.05, 4.69) is 20.6 Å². The van der Waals surface area contributed by atoms with Gasteiger partial charge in [0.1, 0.15) is 23.6 Å². The maximum atomic E-state index is 5.90. The van der Waals surface area contributed by atoms with E-state index in [9.17, 15) is 0 Å². The molecule has 170 valence electrons. The van der Waals surface area contributed by atoms with Gasteiger partial charge in [0.05, 0.1) is 5.69 Å². The van der Waals surface area contributed by atoms with Gasteiger partial charge in [-0.1, -0.05) is 24.3 Å². The van der Waals surface area contributed by atoms with Gasteiger partial charge in [-0.15, -0.1) is 0 Å². The molecule has 4 heterocycles. The van der Waals surface area contributed by atoms with Crippen LogP contribution in [-0.4, -0.2) is 24.5 Å². The predicted molar refractivity (Wildman–Crippen MR) is 138 cm³/mol. The topological polar surface area (TPSA) is 89.8 Å². The molecule has 2 aromatic carbocycles. The molecule has 6 aromatic rings. The van der Waals surface area contributed by atoms with Gasteiger partial charge in [0, 0.05) is 17.3 Å². The van der Waals surface area contributed by atoms with E-state index in [0.29, 0.717) is 28.7 Å². The summed E-state index contributed by atoms with van der Waals surface area (Å²) in [5.74, 6) is 3.18. The second-order valence-electron chi connectivity index (χ2n) is 7.57. The van der Waals surface area contributed by atoms with Crippen LogP contribution in [0.2, 0.25) is 0 Å². The van der Waals surface area contributed by atoms with Crippen molar-refractivity contribution in [2.45, 2.75) is 0 Å². The third-order valence-electron chi connectivity index (χ3n) is 5.18. The van der Waals surface area contributed by atoms with E-state index < -0.39 is 0 Å². The number of nitrogens with one attached hydrogen (secondary N) is 2. The van der Waals surface area contributed by atoms with Crippen molar-refractivity contribution in [3.8, 4) is 17.2 Å². The maximum absolute atomic E-state index is 5.90. The number of hydrogen-bond donors (Lipinski definition) is 2. The molecule has 0 fully saturated rings. The average Bonchev–Trinajstić information content (AvgIpc) is 3.57. The summed E-state index contributed by atoms with van der Waals surface area (Å²) in [5.41, 5.74) is 3.18. The zero-order valence-corrected chi connectivity index (χ0v) is 19.2. The molecule has 4 aromatic heterocycles. The van der Waals surface area contributed by atoms with Crippen LogP contribution in [0.15, 0.2) is 102 Å². The number of anilines is 4. The number of para-hydroxylation sites is 1. The van der Waals surface area contributed by atoms with Crippen LogP contribution < -0.4 is 15.4 Å².